The number of hydrogen-bond acceptors (Lipinski definition) is 4. The maximum Gasteiger partial charge on any atom is 0.335 e. The van der Waals surface area contributed by atoms with Gasteiger partial charge >= 0.3 is 5.97 Å². The fraction of sp³-hybridized carbons (Fsp3) is 0.118. The van der Waals surface area contributed by atoms with Crippen LogP contribution in [-0.2, 0) is 0 Å². The van der Waals surface area contributed by atoms with Crippen LogP contribution < -0.4 is 10.2 Å². The Bertz CT molecular complexity index is 706. The number of amides is 1. The Morgan fingerprint density at radius 2 is 1.70 bits per heavy atom. The Labute approximate surface area is 133 Å². The van der Waals surface area contributed by atoms with Crippen molar-refractivity contribution in [2.75, 3.05) is 6.61 Å². The summed E-state index contributed by atoms with van der Waals surface area (Å²) < 4.78 is 5.30. The maximum atomic E-state index is 11.9. The molecule has 0 bridgehead atoms. The van der Waals surface area contributed by atoms with Crippen molar-refractivity contribution in [2.24, 2.45) is 5.10 Å². The lowest BCUT2D eigenvalue weighted by Crippen LogP contribution is -2.17. The number of aromatic carboxylic acids is 1. The van der Waals surface area contributed by atoms with Gasteiger partial charge in [-0.25, -0.2) is 10.2 Å². The van der Waals surface area contributed by atoms with Gasteiger partial charge in [0.25, 0.3) is 5.91 Å². The van der Waals surface area contributed by atoms with Crippen LogP contribution in [0, 0.1) is 0 Å². The highest BCUT2D eigenvalue weighted by Gasteiger charge is 2.04. The predicted molar refractivity (Wildman–Crippen MR) is 86.1 cm³/mol. The van der Waals surface area contributed by atoms with Crippen LogP contribution in [0.3, 0.4) is 0 Å². The molecule has 0 heterocycles. The SMILES string of the molecule is CCOc1ccc(C(=O)N/N=C/c2ccc(C(=O)O)cc2)cc1. The van der Waals surface area contributed by atoms with E-state index in [2.05, 4.69) is 10.5 Å². The lowest BCUT2D eigenvalue weighted by Gasteiger charge is -2.04. The van der Waals surface area contributed by atoms with E-state index in [1.807, 2.05) is 6.92 Å². The zero-order valence-corrected chi connectivity index (χ0v) is 12.5. The van der Waals surface area contributed by atoms with Gasteiger partial charge in [0.1, 0.15) is 5.75 Å². The fourth-order valence-corrected chi connectivity index (χ4v) is 1.81. The van der Waals surface area contributed by atoms with Crippen molar-refractivity contribution in [1.82, 2.24) is 5.43 Å². The number of rotatable bonds is 6. The summed E-state index contributed by atoms with van der Waals surface area (Å²) in [5, 5.41) is 12.7. The normalized spacial score (nSPS) is 10.5. The highest BCUT2D eigenvalue weighted by Crippen LogP contribution is 2.11. The summed E-state index contributed by atoms with van der Waals surface area (Å²) in [4.78, 5) is 22.6. The Balaban J connectivity index is 1.93. The van der Waals surface area contributed by atoms with E-state index in [0.717, 1.165) is 0 Å². The first-order valence-corrected chi connectivity index (χ1v) is 6.99. The number of ether oxygens (including phenoxy) is 1. The number of nitrogens with one attached hydrogen (secondary N) is 1. The van der Waals surface area contributed by atoms with E-state index < -0.39 is 5.97 Å². The number of carbonyl (C=O) groups is 2. The van der Waals surface area contributed by atoms with E-state index in [0.29, 0.717) is 23.5 Å². The molecule has 0 saturated heterocycles. The average molecular weight is 312 g/mol. The predicted octanol–water partition coefficient (Wildman–Crippen LogP) is 2.55. The van der Waals surface area contributed by atoms with Gasteiger partial charge in [0.15, 0.2) is 0 Å². The van der Waals surface area contributed by atoms with Crippen molar-refractivity contribution < 1.29 is 19.4 Å². The molecule has 2 aromatic rings. The Morgan fingerprint density at radius 1 is 1.09 bits per heavy atom. The molecule has 6 heteroatoms. The van der Waals surface area contributed by atoms with E-state index >= 15 is 0 Å². The van der Waals surface area contributed by atoms with Crippen LogP contribution in [0.2, 0.25) is 0 Å². The van der Waals surface area contributed by atoms with Crippen LogP contribution in [0.25, 0.3) is 0 Å². The smallest absolute Gasteiger partial charge is 0.335 e. The first-order valence-electron chi connectivity index (χ1n) is 6.99. The quantitative estimate of drug-likeness (QED) is 0.634. The number of hydrazone groups is 1. The lowest BCUT2D eigenvalue weighted by atomic mass is 10.1. The van der Waals surface area contributed by atoms with Gasteiger partial charge in [0, 0.05) is 5.56 Å². The second kappa shape index (κ2) is 7.74. The minimum absolute atomic E-state index is 0.195. The second-order valence-corrected chi connectivity index (χ2v) is 4.58. The Morgan fingerprint density at radius 3 is 2.26 bits per heavy atom. The van der Waals surface area contributed by atoms with E-state index in [1.165, 1.54) is 18.3 Å². The van der Waals surface area contributed by atoms with Crippen molar-refractivity contribution >= 4 is 18.1 Å². The summed E-state index contributed by atoms with van der Waals surface area (Å²) in [6, 6.07) is 12.9. The van der Waals surface area contributed by atoms with Crippen LogP contribution in [0.1, 0.15) is 33.2 Å². The van der Waals surface area contributed by atoms with E-state index in [4.69, 9.17) is 9.84 Å². The third-order valence-corrected chi connectivity index (χ3v) is 2.96. The topological polar surface area (TPSA) is 88.0 Å². The third kappa shape index (κ3) is 4.67. The summed E-state index contributed by atoms with van der Waals surface area (Å²) in [7, 11) is 0. The monoisotopic (exact) mass is 312 g/mol. The Kier molecular flexibility index (Phi) is 5.46. The number of carboxylic acids is 1. The molecule has 0 saturated carbocycles. The molecule has 1 amide bonds. The van der Waals surface area contributed by atoms with Gasteiger partial charge in [-0.1, -0.05) is 12.1 Å². The maximum absolute atomic E-state index is 11.9. The molecule has 0 aliphatic carbocycles. The first kappa shape index (κ1) is 16.2. The lowest BCUT2D eigenvalue weighted by molar-refractivity contribution is 0.0696. The van der Waals surface area contributed by atoms with E-state index in [1.54, 1.807) is 36.4 Å². The molecule has 0 aliphatic rings. The van der Waals surface area contributed by atoms with Gasteiger partial charge in [-0.15, -0.1) is 0 Å². The average Bonchev–Trinajstić information content (AvgIpc) is 2.56. The zero-order chi connectivity index (χ0) is 16.7. The van der Waals surface area contributed by atoms with Crippen molar-refractivity contribution in [1.29, 1.82) is 0 Å². The molecule has 0 radical (unpaired) electrons. The van der Waals surface area contributed by atoms with Gasteiger partial charge in [0.2, 0.25) is 0 Å². The molecular weight excluding hydrogens is 296 g/mol. The molecule has 0 spiro atoms. The number of hydrogen-bond donors (Lipinski definition) is 2. The molecule has 0 aromatic heterocycles. The number of benzene rings is 2. The van der Waals surface area contributed by atoms with Gasteiger partial charge in [-0.05, 0) is 48.9 Å². The molecular formula is C17H16N2O4. The van der Waals surface area contributed by atoms with E-state index in [-0.39, 0.29) is 11.5 Å². The third-order valence-electron chi connectivity index (χ3n) is 2.96. The van der Waals surface area contributed by atoms with Crippen molar-refractivity contribution in [3.8, 4) is 5.75 Å². The largest absolute Gasteiger partial charge is 0.494 e. The highest BCUT2D eigenvalue weighted by molar-refractivity contribution is 5.95. The fourth-order valence-electron chi connectivity index (χ4n) is 1.81. The minimum atomic E-state index is -0.989. The minimum Gasteiger partial charge on any atom is -0.494 e. The van der Waals surface area contributed by atoms with Crippen molar-refractivity contribution in [3.63, 3.8) is 0 Å². The molecule has 0 fully saturated rings. The Hall–Kier alpha value is -3.15. The first-order chi connectivity index (χ1) is 11.1. The molecule has 2 aromatic carbocycles. The summed E-state index contributed by atoms with van der Waals surface area (Å²) in [6.07, 6.45) is 1.44. The molecule has 6 nitrogen and oxygen atoms in total. The van der Waals surface area contributed by atoms with Gasteiger partial charge in [-0.3, -0.25) is 4.79 Å². The highest BCUT2D eigenvalue weighted by atomic mass is 16.5. The molecule has 0 unspecified atom stereocenters. The number of carbonyl (C=O) groups excluding carboxylic acids is 1. The molecule has 2 rings (SSSR count). The van der Waals surface area contributed by atoms with E-state index in [9.17, 15) is 9.59 Å². The summed E-state index contributed by atoms with van der Waals surface area (Å²) in [5.74, 6) is -0.630. The zero-order valence-electron chi connectivity index (χ0n) is 12.5. The van der Waals surface area contributed by atoms with Crippen LogP contribution in [0.4, 0.5) is 0 Å². The van der Waals surface area contributed by atoms with Gasteiger partial charge < -0.3 is 9.84 Å². The molecule has 0 atom stereocenters. The van der Waals surface area contributed by atoms with Gasteiger partial charge in [0.05, 0.1) is 18.4 Å². The van der Waals surface area contributed by atoms with Crippen molar-refractivity contribution in [3.05, 3.63) is 65.2 Å². The number of carboxylic acid groups (broad SMARTS) is 1. The second-order valence-electron chi connectivity index (χ2n) is 4.58. The summed E-state index contributed by atoms with van der Waals surface area (Å²) in [6.45, 7) is 2.45. The molecule has 0 aliphatic heterocycles. The standard InChI is InChI=1S/C17H16N2O4/c1-2-23-15-9-7-13(8-10-15)16(20)19-18-11-12-3-5-14(6-4-12)17(21)22/h3-11H,2H2,1H3,(H,19,20)(H,21,22)/b18-11+. The molecule has 23 heavy (non-hydrogen) atoms. The van der Waals surface area contributed by atoms with Crippen LogP contribution in [0.5, 0.6) is 5.75 Å². The van der Waals surface area contributed by atoms with Crippen molar-refractivity contribution in [2.45, 2.75) is 6.92 Å². The molecule has 118 valence electrons. The molecule has 2 N–H and O–H groups in total. The number of nitrogens with zero attached hydrogens (tertiary/aromatic N) is 1. The summed E-state index contributed by atoms with van der Waals surface area (Å²) >= 11 is 0. The van der Waals surface area contributed by atoms with Crippen LogP contribution in [0.15, 0.2) is 53.6 Å². The van der Waals surface area contributed by atoms with Gasteiger partial charge in [-0.2, -0.15) is 5.10 Å². The van der Waals surface area contributed by atoms with Crippen LogP contribution >= 0.6 is 0 Å². The summed E-state index contributed by atoms with van der Waals surface area (Å²) in [5.41, 5.74) is 3.75. The van der Waals surface area contributed by atoms with Crippen LogP contribution in [-0.4, -0.2) is 29.8 Å².